The van der Waals surface area contributed by atoms with E-state index >= 15 is 0 Å². The lowest BCUT2D eigenvalue weighted by Crippen LogP contribution is -2.21. The monoisotopic (exact) mass is 278 g/mol. The second-order valence-corrected chi connectivity index (χ2v) is 4.56. The minimum absolute atomic E-state index is 0.0942. The average Bonchev–Trinajstić information content (AvgIpc) is 2.45. The minimum Gasteiger partial charge on any atom is -0.462 e. The lowest BCUT2D eigenvalue weighted by molar-refractivity contribution is -0.117. The van der Waals surface area contributed by atoms with Gasteiger partial charge < -0.3 is 15.8 Å². The third kappa shape index (κ3) is 5.01. The maximum atomic E-state index is 11.9. The van der Waals surface area contributed by atoms with Crippen molar-refractivity contribution in [2.24, 2.45) is 11.7 Å². The molecule has 0 aliphatic rings. The van der Waals surface area contributed by atoms with Crippen molar-refractivity contribution < 1.29 is 14.3 Å². The predicted molar refractivity (Wildman–Crippen MR) is 78.5 cm³/mol. The van der Waals surface area contributed by atoms with Crippen molar-refractivity contribution in [3.63, 3.8) is 0 Å². The van der Waals surface area contributed by atoms with Gasteiger partial charge in [-0.15, -0.1) is 0 Å². The Labute approximate surface area is 119 Å². The molecule has 1 amide bonds. The molecule has 20 heavy (non-hydrogen) atoms. The van der Waals surface area contributed by atoms with Gasteiger partial charge in [-0.25, -0.2) is 4.79 Å². The Morgan fingerprint density at radius 3 is 2.70 bits per heavy atom. The second kappa shape index (κ2) is 8.32. The molecule has 0 saturated heterocycles. The van der Waals surface area contributed by atoms with Crippen LogP contribution in [0.2, 0.25) is 0 Å². The van der Waals surface area contributed by atoms with Crippen molar-refractivity contribution in [3.8, 4) is 0 Å². The Kier molecular flexibility index (Phi) is 6.73. The molecule has 0 heterocycles. The summed E-state index contributed by atoms with van der Waals surface area (Å²) in [7, 11) is 0. The molecule has 0 saturated carbocycles. The van der Waals surface area contributed by atoms with Gasteiger partial charge in [-0.2, -0.15) is 0 Å². The first kappa shape index (κ1) is 16.2. The van der Waals surface area contributed by atoms with Crippen LogP contribution in [0.5, 0.6) is 0 Å². The number of carbonyl (C=O) groups excluding carboxylic acids is 2. The van der Waals surface area contributed by atoms with E-state index < -0.39 is 5.97 Å². The van der Waals surface area contributed by atoms with Crippen LogP contribution in [-0.2, 0) is 9.53 Å². The third-order valence-electron chi connectivity index (χ3n) is 3.04. The zero-order chi connectivity index (χ0) is 15.0. The summed E-state index contributed by atoms with van der Waals surface area (Å²) in [5, 5.41) is 2.78. The molecular weight excluding hydrogens is 256 g/mol. The molecule has 1 aromatic rings. The van der Waals surface area contributed by atoms with Crippen LogP contribution in [0.1, 0.15) is 37.0 Å². The summed E-state index contributed by atoms with van der Waals surface area (Å²) in [5.41, 5.74) is 6.60. The molecule has 0 bridgehead atoms. The molecular formula is C15H22N2O3. The van der Waals surface area contributed by atoms with Crippen molar-refractivity contribution >= 4 is 17.6 Å². The van der Waals surface area contributed by atoms with Crippen LogP contribution >= 0.6 is 0 Å². The molecule has 5 heteroatoms. The Hall–Kier alpha value is -1.88. The normalized spacial score (nSPS) is 11.8. The highest BCUT2D eigenvalue weighted by Gasteiger charge is 2.12. The fourth-order valence-electron chi connectivity index (χ4n) is 1.81. The van der Waals surface area contributed by atoms with Gasteiger partial charge in [0.05, 0.1) is 12.2 Å². The van der Waals surface area contributed by atoms with Crippen LogP contribution in [0, 0.1) is 5.92 Å². The molecule has 0 aliphatic heterocycles. The van der Waals surface area contributed by atoms with Gasteiger partial charge in [-0.05, 0) is 37.6 Å². The quantitative estimate of drug-likeness (QED) is 0.749. The first-order chi connectivity index (χ1) is 9.60. The molecule has 0 radical (unpaired) electrons. The highest BCUT2D eigenvalue weighted by Crippen LogP contribution is 2.14. The van der Waals surface area contributed by atoms with E-state index in [2.05, 4.69) is 5.32 Å². The molecule has 0 spiro atoms. The number of ether oxygens (including phenoxy) is 1. The lowest BCUT2D eigenvalue weighted by atomic mass is 10.0. The van der Waals surface area contributed by atoms with Gasteiger partial charge in [-0.1, -0.05) is 19.4 Å². The molecule has 3 N–H and O–H groups in total. The smallest absolute Gasteiger partial charge is 0.338 e. The second-order valence-electron chi connectivity index (χ2n) is 4.56. The van der Waals surface area contributed by atoms with Gasteiger partial charge in [0.15, 0.2) is 0 Å². The number of nitrogens with one attached hydrogen (secondary N) is 1. The number of esters is 1. The minimum atomic E-state index is -0.392. The zero-order valence-electron chi connectivity index (χ0n) is 12.0. The van der Waals surface area contributed by atoms with Gasteiger partial charge in [0, 0.05) is 12.1 Å². The SMILES string of the molecule is CCOC(=O)c1cccc(NC(=O)CC(CC)CN)c1. The van der Waals surface area contributed by atoms with Gasteiger partial charge >= 0.3 is 5.97 Å². The maximum absolute atomic E-state index is 11.9. The Balaban J connectivity index is 2.66. The fraction of sp³-hybridized carbons (Fsp3) is 0.467. The first-order valence-electron chi connectivity index (χ1n) is 6.87. The third-order valence-corrected chi connectivity index (χ3v) is 3.04. The van der Waals surface area contributed by atoms with Gasteiger partial charge in [-0.3, -0.25) is 4.79 Å². The summed E-state index contributed by atoms with van der Waals surface area (Å²) in [6, 6.07) is 6.72. The summed E-state index contributed by atoms with van der Waals surface area (Å²) < 4.78 is 4.92. The van der Waals surface area contributed by atoms with Crippen LogP contribution < -0.4 is 11.1 Å². The van der Waals surface area contributed by atoms with E-state index in [0.29, 0.717) is 30.8 Å². The highest BCUT2D eigenvalue weighted by molar-refractivity contribution is 5.94. The van der Waals surface area contributed by atoms with Crippen LogP contribution in [-0.4, -0.2) is 25.0 Å². The molecule has 5 nitrogen and oxygen atoms in total. The van der Waals surface area contributed by atoms with E-state index in [-0.39, 0.29) is 11.8 Å². The molecule has 1 aromatic carbocycles. The number of anilines is 1. The topological polar surface area (TPSA) is 81.4 Å². The number of amides is 1. The van der Waals surface area contributed by atoms with Crippen LogP contribution in [0.25, 0.3) is 0 Å². The van der Waals surface area contributed by atoms with Gasteiger partial charge in [0.25, 0.3) is 0 Å². The molecule has 1 rings (SSSR count). The van der Waals surface area contributed by atoms with E-state index in [1.807, 2.05) is 6.92 Å². The van der Waals surface area contributed by atoms with E-state index in [1.54, 1.807) is 31.2 Å². The maximum Gasteiger partial charge on any atom is 0.338 e. The predicted octanol–water partition coefficient (Wildman–Crippen LogP) is 2.18. The van der Waals surface area contributed by atoms with Crippen LogP contribution in [0.3, 0.4) is 0 Å². The zero-order valence-corrected chi connectivity index (χ0v) is 12.0. The van der Waals surface area contributed by atoms with Crippen molar-refractivity contribution in [3.05, 3.63) is 29.8 Å². The highest BCUT2D eigenvalue weighted by atomic mass is 16.5. The summed E-state index contributed by atoms with van der Waals surface area (Å²) >= 11 is 0. The molecule has 110 valence electrons. The fourth-order valence-corrected chi connectivity index (χ4v) is 1.81. The average molecular weight is 278 g/mol. The Bertz CT molecular complexity index is 456. The van der Waals surface area contributed by atoms with Gasteiger partial charge in [0.2, 0.25) is 5.91 Å². The van der Waals surface area contributed by atoms with Crippen molar-refractivity contribution in [2.75, 3.05) is 18.5 Å². The van der Waals surface area contributed by atoms with E-state index in [1.165, 1.54) is 0 Å². The molecule has 0 aromatic heterocycles. The Morgan fingerprint density at radius 2 is 2.10 bits per heavy atom. The van der Waals surface area contributed by atoms with E-state index in [0.717, 1.165) is 6.42 Å². The number of rotatable bonds is 7. The summed E-state index contributed by atoms with van der Waals surface area (Å²) in [5.74, 6) is -0.302. The Morgan fingerprint density at radius 1 is 1.35 bits per heavy atom. The number of hydrogen-bond acceptors (Lipinski definition) is 4. The largest absolute Gasteiger partial charge is 0.462 e. The number of benzene rings is 1. The molecule has 1 unspecified atom stereocenters. The summed E-state index contributed by atoms with van der Waals surface area (Å²) in [6.45, 7) is 4.57. The number of nitrogens with two attached hydrogens (primary N) is 1. The molecule has 0 fully saturated rings. The first-order valence-corrected chi connectivity index (χ1v) is 6.87. The van der Waals surface area contributed by atoms with Gasteiger partial charge in [0.1, 0.15) is 0 Å². The van der Waals surface area contributed by atoms with Crippen LogP contribution in [0.15, 0.2) is 24.3 Å². The summed E-state index contributed by atoms with van der Waals surface area (Å²) in [6.07, 6.45) is 1.25. The number of carbonyl (C=O) groups is 2. The summed E-state index contributed by atoms with van der Waals surface area (Å²) in [4.78, 5) is 23.5. The van der Waals surface area contributed by atoms with E-state index in [4.69, 9.17) is 10.5 Å². The van der Waals surface area contributed by atoms with E-state index in [9.17, 15) is 9.59 Å². The van der Waals surface area contributed by atoms with Crippen molar-refractivity contribution in [2.45, 2.75) is 26.7 Å². The van der Waals surface area contributed by atoms with Crippen molar-refractivity contribution in [1.82, 2.24) is 0 Å². The molecule has 0 aliphatic carbocycles. The van der Waals surface area contributed by atoms with Crippen molar-refractivity contribution in [1.29, 1.82) is 0 Å². The standard InChI is InChI=1S/C15H22N2O3/c1-3-11(10-16)8-14(18)17-13-7-5-6-12(9-13)15(19)20-4-2/h5-7,9,11H,3-4,8,10,16H2,1-2H3,(H,17,18). The van der Waals surface area contributed by atoms with Crippen LogP contribution in [0.4, 0.5) is 5.69 Å². The molecule has 1 atom stereocenters. The number of hydrogen-bond donors (Lipinski definition) is 2. The lowest BCUT2D eigenvalue weighted by Gasteiger charge is -2.12.